The average Bonchev–Trinajstić information content (AvgIpc) is 3.26. The van der Waals surface area contributed by atoms with E-state index in [-0.39, 0.29) is 11.9 Å². The normalized spacial score (nSPS) is 15.0. The molecule has 2 heterocycles. The van der Waals surface area contributed by atoms with Crippen LogP contribution < -0.4 is 5.32 Å². The maximum absolute atomic E-state index is 13.5. The second-order valence-corrected chi connectivity index (χ2v) is 9.66. The second-order valence-electron chi connectivity index (χ2n) is 9.66. The van der Waals surface area contributed by atoms with Gasteiger partial charge in [0.05, 0.1) is 34.4 Å². The first-order valence-electron chi connectivity index (χ1n) is 13.0. The quantitative estimate of drug-likeness (QED) is 0.352. The van der Waals surface area contributed by atoms with Crippen LogP contribution in [0.15, 0.2) is 60.8 Å². The summed E-state index contributed by atoms with van der Waals surface area (Å²) in [6.07, 6.45) is 11.2. The molecule has 0 aliphatic heterocycles. The van der Waals surface area contributed by atoms with Gasteiger partial charge in [-0.1, -0.05) is 69.4 Å². The van der Waals surface area contributed by atoms with Crippen LogP contribution in [0.25, 0.3) is 27.8 Å². The van der Waals surface area contributed by atoms with Crippen LogP contribution in [0.3, 0.4) is 0 Å². The number of pyridine rings is 1. The number of nitrogens with one attached hydrogen (secondary N) is 1. The number of hydrogen-bond donors (Lipinski definition) is 1. The minimum absolute atomic E-state index is 0.00405. The molecule has 2 aromatic carbocycles. The summed E-state index contributed by atoms with van der Waals surface area (Å²) in [6.45, 7) is 4.21. The van der Waals surface area contributed by atoms with E-state index in [4.69, 9.17) is 4.98 Å². The van der Waals surface area contributed by atoms with Gasteiger partial charge in [0.1, 0.15) is 0 Å². The van der Waals surface area contributed by atoms with E-state index in [2.05, 4.69) is 48.5 Å². The molecule has 4 aromatic rings. The SMILES string of the molecule is CCc1ccc(-n2ncc(-c3cc(C(=O)NC4CCCCCCC4)c4ccccc4n3)c2C)cc1. The third-order valence-electron chi connectivity index (χ3n) is 7.28. The van der Waals surface area contributed by atoms with Gasteiger partial charge in [0.2, 0.25) is 0 Å². The van der Waals surface area contributed by atoms with Gasteiger partial charge in [-0.3, -0.25) is 4.79 Å². The zero-order valence-electron chi connectivity index (χ0n) is 20.8. The first-order valence-corrected chi connectivity index (χ1v) is 13.0. The highest BCUT2D eigenvalue weighted by Crippen LogP contribution is 2.29. The van der Waals surface area contributed by atoms with Gasteiger partial charge in [0.25, 0.3) is 5.91 Å². The van der Waals surface area contributed by atoms with Crippen LogP contribution in [-0.2, 0) is 6.42 Å². The van der Waals surface area contributed by atoms with Crippen LogP contribution in [0.4, 0.5) is 0 Å². The number of para-hydroxylation sites is 1. The van der Waals surface area contributed by atoms with Gasteiger partial charge in [-0.2, -0.15) is 5.10 Å². The van der Waals surface area contributed by atoms with Crippen LogP contribution in [0, 0.1) is 6.92 Å². The van der Waals surface area contributed by atoms with E-state index in [1.54, 1.807) is 0 Å². The summed E-state index contributed by atoms with van der Waals surface area (Å²) in [5.41, 5.74) is 6.56. The summed E-state index contributed by atoms with van der Waals surface area (Å²) < 4.78 is 1.94. The molecule has 5 heteroatoms. The number of aromatic nitrogens is 3. The van der Waals surface area contributed by atoms with Gasteiger partial charge in [-0.15, -0.1) is 0 Å². The fourth-order valence-corrected chi connectivity index (χ4v) is 5.16. The monoisotopic (exact) mass is 466 g/mol. The first kappa shape index (κ1) is 23.3. The van der Waals surface area contributed by atoms with Crippen molar-refractivity contribution in [2.75, 3.05) is 0 Å². The van der Waals surface area contributed by atoms with Crippen LogP contribution in [0.5, 0.6) is 0 Å². The first-order chi connectivity index (χ1) is 17.1. The number of rotatable bonds is 5. The Morgan fingerprint density at radius 3 is 2.46 bits per heavy atom. The Hall–Kier alpha value is -3.47. The van der Waals surface area contributed by atoms with E-state index in [0.29, 0.717) is 5.56 Å². The molecule has 35 heavy (non-hydrogen) atoms. The van der Waals surface area contributed by atoms with E-state index in [0.717, 1.165) is 52.8 Å². The Bertz CT molecular complexity index is 1310. The van der Waals surface area contributed by atoms with Crippen molar-refractivity contribution in [1.82, 2.24) is 20.1 Å². The molecular formula is C30H34N4O. The molecule has 1 fully saturated rings. The van der Waals surface area contributed by atoms with Crippen molar-refractivity contribution in [3.8, 4) is 16.9 Å². The number of carbonyl (C=O) groups is 1. The topological polar surface area (TPSA) is 59.8 Å². The molecule has 0 saturated heterocycles. The number of nitrogens with zero attached hydrogens (tertiary/aromatic N) is 3. The third-order valence-corrected chi connectivity index (χ3v) is 7.28. The van der Waals surface area contributed by atoms with Crippen molar-refractivity contribution in [2.45, 2.75) is 71.3 Å². The molecule has 1 amide bonds. The average molecular weight is 467 g/mol. The molecular weight excluding hydrogens is 432 g/mol. The van der Waals surface area contributed by atoms with E-state index in [1.165, 1.54) is 37.7 Å². The Kier molecular flexibility index (Phi) is 6.94. The van der Waals surface area contributed by atoms with Crippen molar-refractivity contribution in [1.29, 1.82) is 0 Å². The fourth-order valence-electron chi connectivity index (χ4n) is 5.16. The van der Waals surface area contributed by atoms with Crippen molar-refractivity contribution < 1.29 is 4.79 Å². The number of fused-ring (bicyclic) bond motifs is 1. The summed E-state index contributed by atoms with van der Waals surface area (Å²) in [6, 6.07) is 18.6. The van der Waals surface area contributed by atoms with Gasteiger partial charge < -0.3 is 5.32 Å². The standard InChI is InChI=1S/C30H34N4O/c1-3-22-15-17-24(18-16-22)34-21(2)27(20-31-34)29-19-26(25-13-9-10-14-28(25)33-29)30(35)32-23-11-7-5-4-6-8-12-23/h9-10,13-20,23H,3-8,11-12H2,1-2H3,(H,32,35). The molecule has 180 valence electrons. The van der Waals surface area contributed by atoms with Gasteiger partial charge in [-0.05, 0) is 56.0 Å². The van der Waals surface area contributed by atoms with Gasteiger partial charge in [0, 0.05) is 17.0 Å². The van der Waals surface area contributed by atoms with E-state index in [1.807, 2.05) is 41.2 Å². The third kappa shape index (κ3) is 5.00. The molecule has 0 atom stereocenters. The van der Waals surface area contributed by atoms with Gasteiger partial charge in [0.15, 0.2) is 0 Å². The minimum atomic E-state index is -0.00405. The lowest BCUT2D eigenvalue weighted by Gasteiger charge is -2.21. The van der Waals surface area contributed by atoms with Crippen LogP contribution in [0.1, 0.15) is 73.5 Å². The molecule has 5 nitrogen and oxygen atoms in total. The van der Waals surface area contributed by atoms with E-state index < -0.39 is 0 Å². The van der Waals surface area contributed by atoms with E-state index in [9.17, 15) is 4.79 Å². The lowest BCUT2D eigenvalue weighted by Crippen LogP contribution is -2.35. The molecule has 0 unspecified atom stereocenters. The Labute approximate surface area is 207 Å². The summed E-state index contributed by atoms with van der Waals surface area (Å²) >= 11 is 0. The van der Waals surface area contributed by atoms with E-state index >= 15 is 0 Å². The highest BCUT2D eigenvalue weighted by molar-refractivity contribution is 6.07. The number of benzene rings is 2. The highest BCUT2D eigenvalue weighted by atomic mass is 16.1. The number of carbonyl (C=O) groups excluding carboxylic acids is 1. The smallest absolute Gasteiger partial charge is 0.252 e. The molecule has 2 aromatic heterocycles. The highest BCUT2D eigenvalue weighted by Gasteiger charge is 2.20. The predicted octanol–water partition coefficient (Wildman–Crippen LogP) is 6.80. The lowest BCUT2D eigenvalue weighted by atomic mass is 9.96. The van der Waals surface area contributed by atoms with Crippen LogP contribution in [0.2, 0.25) is 0 Å². The molecule has 0 bridgehead atoms. The number of amides is 1. The summed E-state index contributed by atoms with van der Waals surface area (Å²) in [5.74, 6) is -0.00405. The molecule has 1 aliphatic rings. The van der Waals surface area contributed by atoms with Crippen molar-refractivity contribution in [3.63, 3.8) is 0 Å². The van der Waals surface area contributed by atoms with Crippen molar-refractivity contribution >= 4 is 16.8 Å². The van der Waals surface area contributed by atoms with Gasteiger partial charge in [-0.25, -0.2) is 9.67 Å². The second kappa shape index (κ2) is 10.4. The summed E-state index contributed by atoms with van der Waals surface area (Å²) in [7, 11) is 0. The molecule has 5 rings (SSSR count). The molecule has 0 spiro atoms. The number of hydrogen-bond acceptors (Lipinski definition) is 3. The van der Waals surface area contributed by atoms with Crippen LogP contribution >= 0.6 is 0 Å². The summed E-state index contributed by atoms with van der Waals surface area (Å²) in [4.78, 5) is 18.4. The lowest BCUT2D eigenvalue weighted by molar-refractivity contribution is 0.0932. The van der Waals surface area contributed by atoms with Crippen molar-refractivity contribution in [2.24, 2.45) is 0 Å². The maximum atomic E-state index is 13.5. The number of aryl methyl sites for hydroxylation is 1. The van der Waals surface area contributed by atoms with Crippen LogP contribution in [-0.4, -0.2) is 26.7 Å². The molecule has 1 aliphatic carbocycles. The molecule has 1 N–H and O–H groups in total. The zero-order chi connectivity index (χ0) is 24.2. The summed E-state index contributed by atoms with van der Waals surface area (Å²) in [5, 5.41) is 8.89. The predicted molar refractivity (Wildman–Crippen MR) is 142 cm³/mol. The molecule has 1 saturated carbocycles. The minimum Gasteiger partial charge on any atom is -0.349 e. The Morgan fingerprint density at radius 1 is 1.00 bits per heavy atom. The fraction of sp³-hybridized carbons (Fsp3) is 0.367. The van der Waals surface area contributed by atoms with Crippen molar-refractivity contribution in [3.05, 3.63) is 77.6 Å². The maximum Gasteiger partial charge on any atom is 0.252 e. The largest absolute Gasteiger partial charge is 0.349 e. The Balaban J connectivity index is 1.50. The Morgan fingerprint density at radius 2 is 1.71 bits per heavy atom. The zero-order valence-corrected chi connectivity index (χ0v) is 20.8. The van der Waals surface area contributed by atoms with Gasteiger partial charge >= 0.3 is 0 Å². The molecule has 0 radical (unpaired) electrons.